The smallest absolute Gasteiger partial charge is 0.238 e. The first-order valence-electron chi connectivity index (χ1n) is 12.0. The molecule has 0 unspecified atom stereocenters. The van der Waals surface area contributed by atoms with Crippen molar-refractivity contribution in [2.75, 3.05) is 43.4 Å². The van der Waals surface area contributed by atoms with E-state index in [2.05, 4.69) is 44.6 Å². The van der Waals surface area contributed by atoms with E-state index in [1.165, 1.54) is 5.56 Å². The summed E-state index contributed by atoms with van der Waals surface area (Å²) >= 11 is 0. The summed E-state index contributed by atoms with van der Waals surface area (Å²) in [7, 11) is 0. The molecular weight excluding hydrogens is 428 g/mol. The molecule has 5 rings (SSSR count). The van der Waals surface area contributed by atoms with Gasteiger partial charge in [-0.05, 0) is 55.2 Å². The van der Waals surface area contributed by atoms with E-state index in [0.717, 1.165) is 48.9 Å². The highest BCUT2D eigenvalue weighted by Gasteiger charge is 2.34. The van der Waals surface area contributed by atoms with Crippen molar-refractivity contribution in [3.05, 3.63) is 54.4 Å². The van der Waals surface area contributed by atoms with Crippen molar-refractivity contribution >= 4 is 39.9 Å². The number of anilines is 3. The van der Waals surface area contributed by atoms with Gasteiger partial charge in [-0.15, -0.1) is 0 Å². The van der Waals surface area contributed by atoms with Crippen LogP contribution in [-0.4, -0.2) is 64.3 Å². The molecule has 2 N–H and O–H groups in total. The van der Waals surface area contributed by atoms with Gasteiger partial charge in [0, 0.05) is 48.9 Å². The number of carbonyl (C=O) groups is 2. The molecule has 2 heterocycles. The Morgan fingerprint density at radius 3 is 2.59 bits per heavy atom. The Balaban J connectivity index is 1.23. The molecule has 1 aromatic heterocycles. The van der Waals surface area contributed by atoms with Crippen LogP contribution in [0.3, 0.4) is 0 Å². The molecule has 34 heavy (non-hydrogen) atoms. The first kappa shape index (κ1) is 22.3. The minimum Gasteiger partial charge on any atom is -0.340 e. The topological polar surface area (TPSA) is 90.5 Å². The standard InChI is InChI=1S/C26H30N6O2/c1-2-18-4-3-5-20(14-18)30-25-22-15-21(8-9-23(22)27-17-28-25)29-24(33)16-31-10-12-32(13-11-31)26(34)19-6-7-19/h3-5,8-9,14-15,17,19H,2,6-7,10-13,16H2,1H3,(H,29,33)(H,27,28,30). The summed E-state index contributed by atoms with van der Waals surface area (Å²) < 4.78 is 0. The maximum atomic E-state index is 12.7. The molecule has 8 heteroatoms. The van der Waals surface area contributed by atoms with Gasteiger partial charge in [-0.2, -0.15) is 0 Å². The number of aromatic nitrogens is 2. The van der Waals surface area contributed by atoms with Gasteiger partial charge in [-0.3, -0.25) is 14.5 Å². The number of rotatable bonds is 7. The van der Waals surface area contributed by atoms with E-state index < -0.39 is 0 Å². The Hall–Kier alpha value is -3.52. The van der Waals surface area contributed by atoms with E-state index in [4.69, 9.17) is 0 Å². The Labute approximate surface area is 199 Å². The molecule has 8 nitrogen and oxygen atoms in total. The molecule has 1 saturated carbocycles. The third-order valence-corrected chi connectivity index (χ3v) is 6.49. The number of amides is 2. The molecule has 0 radical (unpaired) electrons. The summed E-state index contributed by atoms with van der Waals surface area (Å²) in [5, 5.41) is 7.24. The third-order valence-electron chi connectivity index (χ3n) is 6.49. The number of nitrogens with zero attached hydrogens (tertiary/aromatic N) is 4. The Morgan fingerprint density at radius 1 is 1.00 bits per heavy atom. The minimum atomic E-state index is -0.0664. The molecule has 2 amide bonds. The summed E-state index contributed by atoms with van der Waals surface area (Å²) in [5.74, 6) is 1.17. The van der Waals surface area contributed by atoms with Gasteiger partial charge in [0.1, 0.15) is 12.1 Å². The fourth-order valence-electron chi connectivity index (χ4n) is 4.36. The predicted octanol–water partition coefficient (Wildman–Crippen LogP) is 3.43. The van der Waals surface area contributed by atoms with Gasteiger partial charge < -0.3 is 15.5 Å². The maximum Gasteiger partial charge on any atom is 0.238 e. The largest absolute Gasteiger partial charge is 0.340 e. The average molecular weight is 459 g/mol. The maximum absolute atomic E-state index is 12.7. The first-order chi connectivity index (χ1) is 16.6. The van der Waals surface area contributed by atoms with Crippen molar-refractivity contribution in [3.63, 3.8) is 0 Å². The molecule has 176 valence electrons. The van der Waals surface area contributed by atoms with Gasteiger partial charge in [0.2, 0.25) is 11.8 Å². The highest BCUT2D eigenvalue weighted by molar-refractivity contribution is 5.98. The highest BCUT2D eigenvalue weighted by Crippen LogP contribution is 2.31. The molecule has 2 aliphatic rings. The van der Waals surface area contributed by atoms with Gasteiger partial charge >= 0.3 is 0 Å². The quantitative estimate of drug-likeness (QED) is 0.564. The number of hydrogen-bond donors (Lipinski definition) is 2. The second kappa shape index (κ2) is 9.77. The van der Waals surface area contributed by atoms with Crippen LogP contribution >= 0.6 is 0 Å². The van der Waals surface area contributed by atoms with Gasteiger partial charge in [-0.25, -0.2) is 9.97 Å². The highest BCUT2D eigenvalue weighted by atomic mass is 16.2. The SMILES string of the molecule is CCc1cccc(Nc2ncnc3ccc(NC(=O)CN4CCN(C(=O)C5CC5)CC4)cc23)c1. The summed E-state index contributed by atoms with van der Waals surface area (Å²) in [6, 6.07) is 13.9. The Kier molecular flexibility index (Phi) is 6.40. The number of carbonyl (C=O) groups excluding carboxylic acids is 2. The fourth-order valence-corrected chi connectivity index (χ4v) is 4.36. The van der Waals surface area contributed by atoms with Crippen molar-refractivity contribution < 1.29 is 9.59 Å². The van der Waals surface area contributed by atoms with E-state index in [0.29, 0.717) is 31.1 Å². The van der Waals surface area contributed by atoms with Crippen LogP contribution < -0.4 is 10.6 Å². The number of hydrogen-bond acceptors (Lipinski definition) is 6. The van der Waals surface area contributed by atoms with Crippen molar-refractivity contribution in [1.82, 2.24) is 19.8 Å². The van der Waals surface area contributed by atoms with Crippen molar-refractivity contribution in [2.45, 2.75) is 26.2 Å². The third kappa shape index (κ3) is 5.17. The monoisotopic (exact) mass is 458 g/mol. The van der Waals surface area contributed by atoms with Crippen LogP contribution in [0.15, 0.2) is 48.8 Å². The van der Waals surface area contributed by atoms with Crippen molar-refractivity contribution in [2.24, 2.45) is 5.92 Å². The minimum absolute atomic E-state index is 0.0664. The fraction of sp³-hybridized carbons (Fsp3) is 0.385. The summed E-state index contributed by atoms with van der Waals surface area (Å²) in [5.41, 5.74) is 3.72. The van der Waals surface area contributed by atoms with Crippen molar-refractivity contribution in [1.29, 1.82) is 0 Å². The van der Waals surface area contributed by atoms with E-state index in [9.17, 15) is 9.59 Å². The van der Waals surface area contributed by atoms with E-state index >= 15 is 0 Å². The van der Waals surface area contributed by atoms with Gasteiger partial charge in [0.15, 0.2) is 0 Å². The number of benzene rings is 2. The average Bonchev–Trinajstić information content (AvgIpc) is 3.70. The van der Waals surface area contributed by atoms with Gasteiger partial charge in [0.25, 0.3) is 0 Å². The lowest BCUT2D eigenvalue weighted by Gasteiger charge is -2.34. The zero-order chi connectivity index (χ0) is 23.5. The lowest BCUT2D eigenvalue weighted by atomic mass is 10.1. The molecule has 1 saturated heterocycles. The summed E-state index contributed by atoms with van der Waals surface area (Å²) in [6.07, 6.45) is 4.56. The molecule has 3 aromatic rings. The first-order valence-corrected chi connectivity index (χ1v) is 12.0. The Morgan fingerprint density at radius 2 is 1.82 bits per heavy atom. The van der Waals surface area contributed by atoms with Crippen LogP contribution in [0.2, 0.25) is 0 Å². The summed E-state index contributed by atoms with van der Waals surface area (Å²) in [4.78, 5) is 37.8. The van der Waals surface area contributed by atoms with Gasteiger partial charge in [-0.1, -0.05) is 19.1 Å². The number of piperazine rings is 1. The van der Waals surface area contributed by atoms with Crippen LogP contribution in [0.1, 0.15) is 25.3 Å². The number of nitrogens with one attached hydrogen (secondary N) is 2. The molecule has 0 spiro atoms. The lowest BCUT2D eigenvalue weighted by Crippen LogP contribution is -2.50. The molecule has 1 aliphatic heterocycles. The predicted molar refractivity (Wildman–Crippen MR) is 133 cm³/mol. The lowest BCUT2D eigenvalue weighted by molar-refractivity contribution is -0.134. The number of fused-ring (bicyclic) bond motifs is 1. The normalized spacial score (nSPS) is 16.4. The Bertz CT molecular complexity index is 1200. The van der Waals surface area contributed by atoms with E-state index in [-0.39, 0.29) is 17.7 Å². The molecule has 0 atom stereocenters. The molecule has 1 aliphatic carbocycles. The van der Waals surface area contributed by atoms with E-state index in [1.807, 2.05) is 35.2 Å². The second-order valence-electron chi connectivity index (χ2n) is 9.06. The molecule has 0 bridgehead atoms. The zero-order valence-electron chi connectivity index (χ0n) is 19.5. The van der Waals surface area contributed by atoms with Gasteiger partial charge in [0.05, 0.1) is 12.1 Å². The molecule has 2 aromatic carbocycles. The van der Waals surface area contributed by atoms with Crippen molar-refractivity contribution in [3.8, 4) is 0 Å². The van der Waals surface area contributed by atoms with E-state index in [1.54, 1.807) is 6.33 Å². The molecular formula is C26H30N6O2. The van der Waals surface area contributed by atoms with Crippen LogP contribution in [0.25, 0.3) is 10.9 Å². The van der Waals surface area contributed by atoms with Crippen LogP contribution in [0.4, 0.5) is 17.2 Å². The zero-order valence-corrected chi connectivity index (χ0v) is 19.5. The number of aryl methyl sites for hydroxylation is 1. The van der Waals surface area contributed by atoms with Crippen LogP contribution in [0, 0.1) is 5.92 Å². The van der Waals surface area contributed by atoms with Crippen LogP contribution in [-0.2, 0) is 16.0 Å². The summed E-state index contributed by atoms with van der Waals surface area (Å²) in [6.45, 7) is 5.28. The van der Waals surface area contributed by atoms with Crippen LogP contribution in [0.5, 0.6) is 0 Å². The molecule has 2 fully saturated rings. The second-order valence-corrected chi connectivity index (χ2v) is 9.06.